The summed E-state index contributed by atoms with van der Waals surface area (Å²) in [6, 6.07) is 59.1. The van der Waals surface area contributed by atoms with Crippen LogP contribution in [0.1, 0.15) is 11.1 Å². The van der Waals surface area contributed by atoms with E-state index in [2.05, 4.69) is 34.9 Å². The van der Waals surface area contributed by atoms with Gasteiger partial charge >= 0.3 is 12.4 Å². The van der Waals surface area contributed by atoms with Crippen LogP contribution in [-0.4, -0.2) is 31.5 Å². The van der Waals surface area contributed by atoms with Gasteiger partial charge in [0.05, 0.1) is 33.5 Å². The Balaban J connectivity index is 1.01. The summed E-state index contributed by atoms with van der Waals surface area (Å²) in [5, 5.41) is 3.97. The minimum atomic E-state index is -5.78. The van der Waals surface area contributed by atoms with Gasteiger partial charge in [0.1, 0.15) is 0 Å². The van der Waals surface area contributed by atoms with E-state index >= 15 is 26.3 Å². The van der Waals surface area contributed by atoms with Crippen molar-refractivity contribution in [2.45, 2.75) is 17.8 Å². The van der Waals surface area contributed by atoms with Crippen molar-refractivity contribution in [1.29, 1.82) is 0 Å². The van der Waals surface area contributed by atoms with Gasteiger partial charge in [-0.1, -0.05) is 152 Å². The fourth-order valence-corrected chi connectivity index (χ4v) is 9.38. The molecule has 0 spiro atoms. The highest BCUT2D eigenvalue weighted by Crippen LogP contribution is 2.56. The normalized spacial score (nSPS) is 12.5. The van der Waals surface area contributed by atoms with Gasteiger partial charge in [0.2, 0.25) is 5.41 Å². The molecule has 0 fully saturated rings. The van der Waals surface area contributed by atoms with Crippen molar-refractivity contribution < 1.29 is 26.3 Å². The summed E-state index contributed by atoms with van der Waals surface area (Å²) in [5.74, 6) is 0.152. The van der Waals surface area contributed by atoms with E-state index in [-0.39, 0.29) is 11.4 Å². The van der Waals surface area contributed by atoms with Crippen molar-refractivity contribution in [3.63, 3.8) is 0 Å². The highest BCUT2D eigenvalue weighted by atomic mass is 19.4. The number of para-hydroxylation sites is 3. The Morgan fingerprint density at radius 1 is 0.323 bits per heavy atom. The van der Waals surface area contributed by atoms with Gasteiger partial charge in [-0.05, 0) is 65.7 Å². The average Bonchev–Trinajstić information content (AvgIpc) is 3.84. The molecule has 11 aromatic rings. The number of hydrogen-bond acceptors (Lipinski definition) is 2. The minimum Gasteiger partial charge on any atom is -0.309 e. The van der Waals surface area contributed by atoms with Crippen LogP contribution in [0.5, 0.6) is 0 Å². The van der Waals surface area contributed by atoms with Crippen LogP contribution in [0.25, 0.3) is 88.9 Å². The zero-order valence-electron chi connectivity index (χ0n) is 34.2. The molecule has 10 heteroatoms. The first kappa shape index (κ1) is 39.8. The molecule has 65 heavy (non-hydrogen) atoms. The van der Waals surface area contributed by atoms with Gasteiger partial charge in [-0.15, -0.1) is 0 Å². The molecule has 0 saturated heterocycles. The molecule has 3 aromatic heterocycles. The lowest BCUT2D eigenvalue weighted by molar-refractivity contribution is -0.288. The number of aromatic nitrogens is 4. The largest absolute Gasteiger partial charge is 0.411 e. The van der Waals surface area contributed by atoms with E-state index in [1.807, 2.05) is 126 Å². The van der Waals surface area contributed by atoms with E-state index in [9.17, 15) is 0 Å². The van der Waals surface area contributed by atoms with E-state index < -0.39 is 28.9 Å². The molecule has 0 N–H and O–H groups in total. The van der Waals surface area contributed by atoms with Crippen LogP contribution in [0, 0.1) is 0 Å². The molecular weight excluding hydrogens is 831 g/mol. The van der Waals surface area contributed by atoms with Gasteiger partial charge in [0, 0.05) is 49.6 Å². The van der Waals surface area contributed by atoms with Gasteiger partial charge in [-0.3, -0.25) is 0 Å². The summed E-state index contributed by atoms with van der Waals surface area (Å²) in [5.41, 5.74) is 1.45. The van der Waals surface area contributed by atoms with Crippen molar-refractivity contribution in [2.75, 3.05) is 0 Å². The van der Waals surface area contributed by atoms with E-state index in [1.54, 1.807) is 6.07 Å². The second-order valence-electron chi connectivity index (χ2n) is 16.0. The Morgan fingerprint density at radius 3 is 1.18 bits per heavy atom. The Labute approximate surface area is 368 Å². The zero-order valence-corrected chi connectivity index (χ0v) is 34.2. The molecule has 0 radical (unpaired) electrons. The first-order valence-corrected chi connectivity index (χ1v) is 20.9. The van der Waals surface area contributed by atoms with Crippen molar-refractivity contribution in [1.82, 2.24) is 19.1 Å². The number of benzene rings is 8. The van der Waals surface area contributed by atoms with Gasteiger partial charge in [0.15, 0.2) is 5.82 Å². The van der Waals surface area contributed by atoms with E-state index in [0.29, 0.717) is 17.1 Å². The van der Waals surface area contributed by atoms with Gasteiger partial charge < -0.3 is 9.13 Å². The molecule has 0 unspecified atom stereocenters. The minimum absolute atomic E-state index is 0.152. The average molecular weight is 865 g/mol. The molecule has 0 saturated carbocycles. The van der Waals surface area contributed by atoms with E-state index in [4.69, 9.17) is 9.97 Å². The van der Waals surface area contributed by atoms with E-state index in [1.165, 1.54) is 24.3 Å². The van der Waals surface area contributed by atoms with Gasteiger partial charge in [-0.2, -0.15) is 26.3 Å². The summed E-state index contributed by atoms with van der Waals surface area (Å²) in [4.78, 5) is 9.41. The third kappa shape index (κ3) is 6.38. The first-order chi connectivity index (χ1) is 31.5. The lowest BCUT2D eigenvalue weighted by atomic mass is 9.72. The summed E-state index contributed by atoms with van der Waals surface area (Å²) < 4.78 is 97.3. The van der Waals surface area contributed by atoms with Crippen LogP contribution >= 0.6 is 0 Å². The fraction of sp³-hybridized carbons (Fsp3) is 0.0545. The van der Waals surface area contributed by atoms with Crippen LogP contribution in [0.2, 0.25) is 0 Å². The maximum atomic E-state index is 15.5. The SMILES string of the molecule is FC(F)(F)C(c1ccc(-c2nc(-c3ccccc3)cc(-c3ccccc3)n2)cc1)(c1ccc(-n2c3ccccc3c3cc(-n4c5ccccc5c5ccccc54)ccc32)cc1)C(F)(F)F. The predicted molar refractivity (Wildman–Crippen MR) is 246 cm³/mol. The molecule has 3 heterocycles. The van der Waals surface area contributed by atoms with E-state index in [0.717, 1.165) is 84.7 Å². The standard InChI is InChI=1S/C55H34F6N4/c56-54(57,58)53(55(59,60)61,38-25-23-37(24-26-38)52-62-46(35-13-3-1-4-14-35)34-47(63-52)36-15-5-2-6-16-36)39-27-29-40(30-28-39)64-50-22-12-9-19-44(50)45-33-41(31-32-51(45)64)65-48-20-10-7-17-42(48)43-18-8-11-21-49(43)65/h1-34H. The Hall–Kier alpha value is -7.98. The second-order valence-corrected chi connectivity index (χ2v) is 16.0. The highest BCUT2D eigenvalue weighted by Gasteiger charge is 2.72. The summed E-state index contributed by atoms with van der Waals surface area (Å²) in [7, 11) is 0. The molecule has 0 aliphatic rings. The summed E-state index contributed by atoms with van der Waals surface area (Å²) in [6.45, 7) is 0. The molecule has 0 aliphatic heterocycles. The topological polar surface area (TPSA) is 35.6 Å². The van der Waals surface area contributed by atoms with Gasteiger partial charge in [-0.25, -0.2) is 9.97 Å². The van der Waals surface area contributed by atoms with Crippen LogP contribution in [0.15, 0.2) is 206 Å². The van der Waals surface area contributed by atoms with Crippen LogP contribution < -0.4 is 0 Å². The van der Waals surface area contributed by atoms with Crippen molar-refractivity contribution in [2.24, 2.45) is 0 Å². The Bertz CT molecular complexity index is 3430. The lowest BCUT2D eigenvalue weighted by Gasteiger charge is -2.38. The second kappa shape index (κ2) is 15.1. The molecule has 8 aromatic carbocycles. The van der Waals surface area contributed by atoms with Crippen LogP contribution in [0.3, 0.4) is 0 Å². The number of fused-ring (bicyclic) bond motifs is 6. The summed E-state index contributed by atoms with van der Waals surface area (Å²) >= 11 is 0. The Kier molecular flexibility index (Phi) is 9.25. The van der Waals surface area contributed by atoms with Crippen molar-refractivity contribution in [3.8, 4) is 45.3 Å². The van der Waals surface area contributed by atoms with Crippen molar-refractivity contribution in [3.05, 3.63) is 217 Å². The highest BCUT2D eigenvalue weighted by molar-refractivity contribution is 6.12. The number of nitrogens with zero attached hydrogens (tertiary/aromatic N) is 4. The summed E-state index contributed by atoms with van der Waals surface area (Å²) in [6.07, 6.45) is -11.6. The maximum Gasteiger partial charge on any atom is 0.411 e. The van der Waals surface area contributed by atoms with Crippen molar-refractivity contribution >= 4 is 43.6 Å². The van der Waals surface area contributed by atoms with Crippen LogP contribution in [0.4, 0.5) is 26.3 Å². The maximum absolute atomic E-state index is 15.5. The lowest BCUT2D eigenvalue weighted by Crippen LogP contribution is -2.54. The Morgan fingerprint density at radius 2 is 0.708 bits per heavy atom. The molecule has 316 valence electrons. The molecule has 4 nitrogen and oxygen atoms in total. The number of hydrogen-bond donors (Lipinski definition) is 0. The first-order valence-electron chi connectivity index (χ1n) is 20.9. The molecule has 0 aliphatic carbocycles. The molecule has 0 amide bonds. The van der Waals surface area contributed by atoms with Gasteiger partial charge in [0.25, 0.3) is 0 Å². The fourth-order valence-electron chi connectivity index (χ4n) is 9.38. The monoisotopic (exact) mass is 864 g/mol. The molecule has 0 bridgehead atoms. The third-order valence-electron chi connectivity index (χ3n) is 12.3. The zero-order chi connectivity index (χ0) is 44.5. The quantitative estimate of drug-likeness (QED) is 0.150. The number of rotatable bonds is 7. The predicted octanol–water partition coefficient (Wildman–Crippen LogP) is 15.1. The third-order valence-corrected chi connectivity index (χ3v) is 12.3. The van der Waals surface area contributed by atoms with Crippen LogP contribution in [-0.2, 0) is 5.41 Å². The number of alkyl halides is 6. The molecule has 11 rings (SSSR count). The molecule has 0 atom stereocenters. The smallest absolute Gasteiger partial charge is 0.309 e. The number of halogens is 6. The molecular formula is C55H34F6N4.